The Labute approximate surface area is 127 Å². The summed E-state index contributed by atoms with van der Waals surface area (Å²) in [6, 6.07) is 3.81. The van der Waals surface area contributed by atoms with Crippen molar-refractivity contribution in [2.75, 3.05) is 25.5 Å². The second-order valence-electron chi connectivity index (χ2n) is 6.33. The normalized spacial score (nSPS) is 14.9. The Morgan fingerprint density at radius 3 is 2.67 bits per heavy atom. The molecule has 4 heteroatoms. The number of carbonyl (C=O) groups is 1. The molecule has 1 fully saturated rings. The molecule has 0 aliphatic heterocycles. The van der Waals surface area contributed by atoms with Gasteiger partial charge in [-0.1, -0.05) is 20.3 Å². The maximum Gasteiger partial charge on any atom is 0.253 e. The summed E-state index contributed by atoms with van der Waals surface area (Å²) in [6.07, 6.45) is 3.83. The highest BCUT2D eigenvalue weighted by Crippen LogP contribution is 2.27. The summed E-state index contributed by atoms with van der Waals surface area (Å²) in [5, 5.41) is 3.22. The van der Waals surface area contributed by atoms with Crippen molar-refractivity contribution in [1.29, 1.82) is 0 Å². The van der Waals surface area contributed by atoms with Crippen LogP contribution in [0.2, 0.25) is 0 Å². The molecular formula is C17H27N3O. The number of anilines is 1. The molecule has 21 heavy (non-hydrogen) atoms. The van der Waals surface area contributed by atoms with Crippen LogP contribution in [-0.4, -0.2) is 35.9 Å². The molecule has 1 aromatic rings. The smallest absolute Gasteiger partial charge is 0.253 e. The molecule has 1 N–H and O–H groups in total. The predicted molar refractivity (Wildman–Crippen MR) is 86.8 cm³/mol. The predicted octanol–water partition coefficient (Wildman–Crippen LogP) is 3.51. The SMILES string of the molecule is CCNc1cc(C(=O)N(C)CC2CCC2)cc(C(C)C)n1. The molecule has 116 valence electrons. The van der Waals surface area contributed by atoms with Gasteiger partial charge in [-0.3, -0.25) is 4.79 Å². The van der Waals surface area contributed by atoms with Crippen LogP contribution in [0.3, 0.4) is 0 Å². The van der Waals surface area contributed by atoms with Crippen molar-refractivity contribution in [2.45, 2.75) is 46.0 Å². The number of hydrogen-bond donors (Lipinski definition) is 1. The fraction of sp³-hybridized carbons (Fsp3) is 0.647. The summed E-state index contributed by atoms with van der Waals surface area (Å²) in [5.74, 6) is 1.90. The van der Waals surface area contributed by atoms with Gasteiger partial charge < -0.3 is 10.2 Å². The lowest BCUT2D eigenvalue weighted by atomic mass is 9.85. The van der Waals surface area contributed by atoms with Crippen LogP contribution in [0.25, 0.3) is 0 Å². The fourth-order valence-electron chi connectivity index (χ4n) is 2.61. The van der Waals surface area contributed by atoms with Gasteiger partial charge in [-0.25, -0.2) is 4.98 Å². The van der Waals surface area contributed by atoms with E-state index in [1.54, 1.807) is 0 Å². The van der Waals surface area contributed by atoms with Gasteiger partial charge in [0.05, 0.1) is 0 Å². The largest absolute Gasteiger partial charge is 0.370 e. The average molecular weight is 289 g/mol. The summed E-state index contributed by atoms with van der Waals surface area (Å²) in [5.41, 5.74) is 1.71. The Hall–Kier alpha value is -1.58. The van der Waals surface area contributed by atoms with Crippen molar-refractivity contribution in [3.8, 4) is 0 Å². The zero-order valence-electron chi connectivity index (χ0n) is 13.6. The molecule has 1 amide bonds. The number of hydrogen-bond acceptors (Lipinski definition) is 3. The number of nitrogens with zero attached hydrogens (tertiary/aromatic N) is 2. The van der Waals surface area contributed by atoms with Crippen LogP contribution in [0.5, 0.6) is 0 Å². The fourth-order valence-corrected chi connectivity index (χ4v) is 2.61. The first-order valence-electron chi connectivity index (χ1n) is 8.02. The third kappa shape index (κ3) is 3.96. The van der Waals surface area contributed by atoms with Gasteiger partial charge >= 0.3 is 0 Å². The van der Waals surface area contributed by atoms with Crippen molar-refractivity contribution >= 4 is 11.7 Å². The van der Waals surface area contributed by atoms with Crippen LogP contribution < -0.4 is 5.32 Å². The van der Waals surface area contributed by atoms with Gasteiger partial charge in [-0.05, 0) is 43.7 Å². The molecule has 1 saturated carbocycles. The first-order valence-corrected chi connectivity index (χ1v) is 8.02. The molecule has 1 aliphatic carbocycles. The van der Waals surface area contributed by atoms with E-state index in [0.29, 0.717) is 11.8 Å². The lowest BCUT2D eigenvalue weighted by Crippen LogP contribution is -2.34. The van der Waals surface area contributed by atoms with Gasteiger partial charge in [0.1, 0.15) is 5.82 Å². The zero-order valence-corrected chi connectivity index (χ0v) is 13.6. The number of amides is 1. The molecule has 0 aromatic carbocycles. The number of rotatable bonds is 6. The number of aromatic nitrogens is 1. The summed E-state index contributed by atoms with van der Waals surface area (Å²) in [6.45, 7) is 7.91. The second kappa shape index (κ2) is 6.92. The number of pyridine rings is 1. The molecule has 4 nitrogen and oxygen atoms in total. The standard InChI is InChI=1S/C17H27N3O/c1-5-18-16-10-14(9-15(19-16)12(2)3)17(21)20(4)11-13-7-6-8-13/h9-10,12-13H,5-8,11H2,1-4H3,(H,18,19). The Bertz CT molecular complexity index is 495. The van der Waals surface area contributed by atoms with E-state index in [4.69, 9.17) is 0 Å². The highest BCUT2D eigenvalue weighted by Gasteiger charge is 2.22. The summed E-state index contributed by atoms with van der Waals surface area (Å²) in [4.78, 5) is 19.1. The minimum atomic E-state index is 0.102. The zero-order chi connectivity index (χ0) is 15.4. The Morgan fingerprint density at radius 2 is 2.14 bits per heavy atom. The molecule has 1 heterocycles. The number of nitrogens with one attached hydrogen (secondary N) is 1. The van der Waals surface area contributed by atoms with Crippen molar-refractivity contribution in [1.82, 2.24) is 9.88 Å². The summed E-state index contributed by atoms with van der Waals surface area (Å²) < 4.78 is 0. The van der Waals surface area contributed by atoms with E-state index in [2.05, 4.69) is 24.1 Å². The number of carbonyl (C=O) groups excluding carboxylic acids is 1. The molecule has 0 bridgehead atoms. The summed E-state index contributed by atoms with van der Waals surface area (Å²) in [7, 11) is 1.91. The summed E-state index contributed by atoms with van der Waals surface area (Å²) >= 11 is 0. The van der Waals surface area contributed by atoms with Crippen LogP contribution >= 0.6 is 0 Å². The van der Waals surface area contributed by atoms with Crippen molar-refractivity contribution < 1.29 is 4.79 Å². The Kier molecular flexibility index (Phi) is 5.21. The quantitative estimate of drug-likeness (QED) is 0.871. The van der Waals surface area contributed by atoms with E-state index in [1.807, 2.05) is 31.0 Å². The average Bonchev–Trinajstić information content (AvgIpc) is 2.41. The minimum absolute atomic E-state index is 0.102. The van der Waals surface area contributed by atoms with Gasteiger partial charge in [0.2, 0.25) is 0 Å². The third-order valence-corrected chi connectivity index (χ3v) is 4.15. The van der Waals surface area contributed by atoms with E-state index in [9.17, 15) is 4.79 Å². The van der Waals surface area contributed by atoms with E-state index in [1.165, 1.54) is 19.3 Å². The van der Waals surface area contributed by atoms with Crippen molar-refractivity contribution in [3.05, 3.63) is 23.4 Å². The minimum Gasteiger partial charge on any atom is -0.370 e. The van der Waals surface area contributed by atoms with E-state index in [-0.39, 0.29) is 5.91 Å². The van der Waals surface area contributed by atoms with E-state index < -0.39 is 0 Å². The maximum atomic E-state index is 12.6. The van der Waals surface area contributed by atoms with Crippen LogP contribution in [0.1, 0.15) is 62.0 Å². The first-order chi connectivity index (χ1) is 10.0. The molecule has 0 spiro atoms. The molecule has 0 saturated heterocycles. The van der Waals surface area contributed by atoms with Gasteiger partial charge in [-0.2, -0.15) is 0 Å². The van der Waals surface area contributed by atoms with Gasteiger partial charge in [0.25, 0.3) is 5.91 Å². The second-order valence-corrected chi connectivity index (χ2v) is 6.33. The Morgan fingerprint density at radius 1 is 1.43 bits per heavy atom. The van der Waals surface area contributed by atoms with E-state index >= 15 is 0 Å². The highest BCUT2D eigenvalue weighted by atomic mass is 16.2. The monoisotopic (exact) mass is 289 g/mol. The topological polar surface area (TPSA) is 45.2 Å². The third-order valence-electron chi connectivity index (χ3n) is 4.15. The van der Waals surface area contributed by atoms with Gasteiger partial charge in [-0.15, -0.1) is 0 Å². The molecule has 0 atom stereocenters. The van der Waals surface area contributed by atoms with Crippen LogP contribution in [-0.2, 0) is 0 Å². The molecule has 2 rings (SSSR count). The van der Waals surface area contributed by atoms with Crippen molar-refractivity contribution in [3.63, 3.8) is 0 Å². The highest BCUT2D eigenvalue weighted by molar-refractivity contribution is 5.94. The van der Waals surface area contributed by atoms with Crippen LogP contribution in [0, 0.1) is 5.92 Å². The first kappa shape index (κ1) is 15.8. The maximum absolute atomic E-state index is 12.6. The van der Waals surface area contributed by atoms with Crippen LogP contribution in [0.15, 0.2) is 12.1 Å². The lowest BCUT2D eigenvalue weighted by molar-refractivity contribution is 0.0745. The molecule has 0 unspecified atom stereocenters. The van der Waals surface area contributed by atoms with Crippen LogP contribution in [0.4, 0.5) is 5.82 Å². The molecular weight excluding hydrogens is 262 g/mol. The Balaban J connectivity index is 2.17. The van der Waals surface area contributed by atoms with Crippen molar-refractivity contribution in [2.24, 2.45) is 5.92 Å². The van der Waals surface area contributed by atoms with Gasteiger partial charge in [0, 0.05) is 31.4 Å². The lowest BCUT2D eigenvalue weighted by Gasteiger charge is -2.30. The van der Waals surface area contributed by atoms with Gasteiger partial charge in [0.15, 0.2) is 0 Å². The molecule has 1 aromatic heterocycles. The van der Waals surface area contributed by atoms with E-state index in [0.717, 1.165) is 30.2 Å². The molecule has 1 aliphatic rings. The molecule has 0 radical (unpaired) electrons.